The van der Waals surface area contributed by atoms with Gasteiger partial charge in [-0.2, -0.15) is 0 Å². The second-order valence-electron chi connectivity index (χ2n) is 15.7. The Hall–Kier alpha value is -3.07. The van der Waals surface area contributed by atoms with Crippen molar-refractivity contribution in [2.75, 3.05) is 47.5 Å². The normalized spacial score (nSPS) is 14.5. The summed E-state index contributed by atoms with van der Waals surface area (Å²) in [7, 11) is 1.12. The molecular weight excluding hydrogens is 762 g/mol. The van der Waals surface area contributed by atoms with E-state index in [0.29, 0.717) is 23.9 Å². The Morgan fingerprint density at radius 3 is 1.54 bits per heavy atom. The van der Waals surface area contributed by atoms with Crippen molar-refractivity contribution in [1.29, 1.82) is 0 Å². The summed E-state index contributed by atoms with van der Waals surface area (Å²) in [6.07, 6.45) is 52.9. The number of phosphoric acid groups is 1. The molecule has 0 amide bonds. The molecule has 0 aliphatic heterocycles. The highest BCUT2D eigenvalue weighted by Crippen LogP contribution is 2.38. The van der Waals surface area contributed by atoms with Gasteiger partial charge in [-0.1, -0.05) is 156 Å². The Kier molecular flexibility index (Phi) is 38.2. The number of allylic oxidation sites excluding steroid dienone is 16. The van der Waals surface area contributed by atoms with Crippen molar-refractivity contribution < 1.29 is 42.1 Å². The van der Waals surface area contributed by atoms with E-state index in [9.17, 15) is 19.0 Å². The lowest BCUT2D eigenvalue weighted by Gasteiger charge is -2.28. The molecule has 0 saturated carbocycles. The summed E-state index contributed by atoms with van der Waals surface area (Å²) in [5.74, 6) is -0.886. The molecule has 2 unspecified atom stereocenters. The maximum Gasteiger partial charge on any atom is 0.306 e. The van der Waals surface area contributed by atoms with Crippen LogP contribution in [0.3, 0.4) is 0 Å². The van der Waals surface area contributed by atoms with E-state index in [4.69, 9.17) is 18.5 Å². The topological polar surface area (TPSA) is 111 Å². The lowest BCUT2D eigenvalue weighted by Crippen LogP contribution is -2.37. The first-order valence-corrected chi connectivity index (χ1v) is 23.9. The minimum Gasteiger partial charge on any atom is -0.756 e. The maximum atomic E-state index is 12.7. The van der Waals surface area contributed by atoms with Gasteiger partial charge in [-0.3, -0.25) is 14.2 Å². The van der Waals surface area contributed by atoms with Crippen LogP contribution in [-0.2, 0) is 32.7 Å². The Bertz CT molecular complexity index is 1320. The largest absolute Gasteiger partial charge is 0.756 e. The molecule has 10 heteroatoms. The van der Waals surface area contributed by atoms with Gasteiger partial charge in [0, 0.05) is 12.8 Å². The standard InChI is InChI=1S/C49H82NO8P/c1-6-8-10-12-14-16-18-20-21-22-23-24-25-26-27-28-30-31-33-35-37-39-41-48(51)55-45-47(46-57-59(53,54)56-44-43-50(3,4)5)58-49(52)42-40-38-36-34-32-29-19-17-15-13-11-9-7-2/h8-11,13-17,19-21,23-24,26-27,47H,6-7,12,18,22,25,28-46H2,1-5H3/b10-8+,11-9+,15-13+,16-14+,19-17+,21-20+,24-23+,27-26+. The molecule has 0 aliphatic carbocycles. The monoisotopic (exact) mass is 844 g/mol. The van der Waals surface area contributed by atoms with Crippen LogP contribution in [0.2, 0.25) is 0 Å². The van der Waals surface area contributed by atoms with E-state index >= 15 is 0 Å². The minimum absolute atomic E-state index is 0.0437. The van der Waals surface area contributed by atoms with Crippen molar-refractivity contribution in [3.05, 3.63) is 97.2 Å². The van der Waals surface area contributed by atoms with Crippen molar-refractivity contribution in [3.8, 4) is 0 Å². The van der Waals surface area contributed by atoms with Crippen LogP contribution in [0.15, 0.2) is 97.2 Å². The Morgan fingerprint density at radius 2 is 1.00 bits per heavy atom. The number of carbonyl (C=O) groups is 2. The number of carbonyl (C=O) groups excluding carboxylic acids is 2. The molecule has 9 nitrogen and oxygen atoms in total. The van der Waals surface area contributed by atoms with Crippen molar-refractivity contribution in [3.63, 3.8) is 0 Å². The number of quaternary nitrogens is 1. The van der Waals surface area contributed by atoms with Gasteiger partial charge < -0.3 is 27.9 Å². The fraction of sp³-hybridized carbons (Fsp3) is 0.633. The average Bonchev–Trinajstić information content (AvgIpc) is 3.19. The van der Waals surface area contributed by atoms with Crippen molar-refractivity contribution in [2.24, 2.45) is 0 Å². The van der Waals surface area contributed by atoms with E-state index in [-0.39, 0.29) is 26.1 Å². The molecule has 0 fully saturated rings. The third-order valence-corrected chi connectivity index (χ3v) is 9.87. The number of esters is 2. The van der Waals surface area contributed by atoms with E-state index in [1.54, 1.807) is 0 Å². The molecular formula is C49H82NO8P. The molecule has 0 aromatic rings. The van der Waals surface area contributed by atoms with E-state index in [1.165, 1.54) is 0 Å². The van der Waals surface area contributed by atoms with Gasteiger partial charge in [0.05, 0.1) is 27.7 Å². The van der Waals surface area contributed by atoms with Gasteiger partial charge >= 0.3 is 11.9 Å². The molecule has 0 bridgehead atoms. The van der Waals surface area contributed by atoms with Crippen LogP contribution in [0.4, 0.5) is 0 Å². The SMILES string of the molecule is CC/C=C/C=C/C=C/CCCCCCCC(=O)OC(COC(=O)CCCCCCCC/C=C/C/C=C/C/C=C/C/C=C/C/C=C/CC)COP(=O)([O-])OCC[N+](C)(C)C. The Balaban J connectivity index is 4.37. The summed E-state index contributed by atoms with van der Waals surface area (Å²) >= 11 is 0. The second kappa shape index (κ2) is 40.3. The second-order valence-corrected chi connectivity index (χ2v) is 17.1. The fourth-order valence-electron chi connectivity index (χ4n) is 5.44. The quantitative estimate of drug-likeness (QED) is 0.0150. The zero-order valence-corrected chi connectivity index (χ0v) is 38.5. The van der Waals surface area contributed by atoms with Crippen LogP contribution in [0.1, 0.15) is 149 Å². The van der Waals surface area contributed by atoms with Gasteiger partial charge in [0.1, 0.15) is 19.8 Å². The van der Waals surface area contributed by atoms with Crippen LogP contribution in [0, 0.1) is 0 Å². The highest BCUT2D eigenvalue weighted by atomic mass is 31.2. The van der Waals surface area contributed by atoms with Gasteiger partial charge in [0.15, 0.2) is 6.10 Å². The maximum absolute atomic E-state index is 12.7. The number of hydrogen-bond acceptors (Lipinski definition) is 8. The first kappa shape index (κ1) is 55.9. The molecule has 59 heavy (non-hydrogen) atoms. The predicted octanol–water partition coefficient (Wildman–Crippen LogP) is 12.3. The number of rotatable bonds is 39. The summed E-state index contributed by atoms with van der Waals surface area (Å²) < 4.78 is 33.9. The molecule has 0 rings (SSSR count). The average molecular weight is 844 g/mol. The lowest BCUT2D eigenvalue weighted by atomic mass is 10.1. The molecule has 0 N–H and O–H groups in total. The first-order chi connectivity index (χ1) is 28.5. The van der Waals surface area contributed by atoms with E-state index in [0.717, 1.165) is 109 Å². The molecule has 0 aliphatic rings. The van der Waals surface area contributed by atoms with Crippen LogP contribution < -0.4 is 4.89 Å². The fourth-order valence-corrected chi connectivity index (χ4v) is 6.17. The predicted molar refractivity (Wildman–Crippen MR) is 245 cm³/mol. The number of ether oxygens (including phenoxy) is 2. The molecule has 336 valence electrons. The molecule has 0 aromatic carbocycles. The zero-order chi connectivity index (χ0) is 43.6. The highest BCUT2D eigenvalue weighted by molar-refractivity contribution is 7.45. The molecule has 0 aromatic heterocycles. The van der Waals surface area contributed by atoms with Gasteiger partial charge in [0.25, 0.3) is 7.82 Å². The lowest BCUT2D eigenvalue weighted by molar-refractivity contribution is -0.870. The van der Waals surface area contributed by atoms with Crippen LogP contribution in [0.5, 0.6) is 0 Å². The molecule has 0 heterocycles. The van der Waals surface area contributed by atoms with Crippen LogP contribution >= 0.6 is 7.82 Å². The number of phosphoric ester groups is 1. The summed E-state index contributed by atoms with van der Waals surface area (Å²) in [6, 6.07) is 0. The van der Waals surface area contributed by atoms with Gasteiger partial charge in [-0.05, 0) is 77.0 Å². The minimum atomic E-state index is -4.64. The summed E-state index contributed by atoms with van der Waals surface area (Å²) in [4.78, 5) is 37.5. The Morgan fingerprint density at radius 1 is 0.542 bits per heavy atom. The highest BCUT2D eigenvalue weighted by Gasteiger charge is 2.21. The van der Waals surface area contributed by atoms with E-state index in [2.05, 4.69) is 92.8 Å². The summed E-state index contributed by atoms with van der Waals surface area (Å²) in [5, 5.41) is 0. The van der Waals surface area contributed by atoms with Crippen molar-refractivity contribution in [2.45, 2.75) is 155 Å². The van der Waals surface area contributed by atoms with Crippen molar-refractivity contribution in [1.82, 2.24) is 0 Å². The number of nitrogens with zero attached hydrogens (tertiary/aromatic N) is 1. The van der Waals surface area contributed by atoms with Crippen LogP contribution in [-0.4, -0.2) is 70.0 Å². The zero-order valence-electron chi connectivity index (χ0n) is 37.7. The third kappa shape index (κ3) is 44.3. The molecule has 0 spiro atoms. The number of likely N-dealkylation sites (N-methyl/N-ethyl adjacent to an activating group) is 1. The number of hydrogen-bond donors (Lipinski definition) is 0. The van der Waals surface area contributed by atoms with Gasteiger partial charge in [0.2, 0.25) is 0 Å². The van der Waals surface area contributed by atoms with E-state index < -0.39 is 32.5 Å². The first-order valence-electron chi connectivity index (χ1n) is 22.5. The van der Waals surface area contributed by atoms with Crippen LogP contribution in [0.25, 0.3) is 0 Å². The number of unbranched alkanes of at least 4 members (excludes halogenated alkanes) is 11. The third-order valence-electron chi connectivity index (χ3n) is 8.91. The smallest absolute Gasteiger partial charge is 0.306 e. The van der Waals surface area contributed by atoms with Gasteiger partial charge in [-0.25, -0.2) is 0 Å². The van der Waals surface area contributed by atoms with Gasteiger partial charge in [-0.15, -0.1) is 0 Å². The molecule has 0 radical (unpaired) electrons. The summed E-state index contributed by atoms with van der Waals surface area (Å²) in [5.41, 5.74) is 0. The van der Waals surface area contributed by atoms with Crippen molar-refractivity contribution >= 4 is 19.8 Å². The molecule has 0 saturated heterocycles. The Labute approximate surface area is 360 Å². The summed E-state index contributed by atoms with van der Waals surface area (Å²) in [6.45, 7) is 3.91. The molecule has 2 atom stereocenters. The van der Waals surface area contributed by atoms with E-state index in [1.807, 2.05) is 39.4 Å².